The summed E-state index contributed by atoms with van der Waals surface area (Å²) in [4.78, 5) is 51.5. The van der Waals surface area contributed by atoms with Gasteiger partial charge in [-0.1, -0.05) is 44.2 Å². The molecule has 10 heteroatoms. The zero-order chi connectivity index (χ0) is 23.8. The van der Waals surface area contributed by atoms with Crippen molar-refractivity contribution in [2.24, 2.45) is 11.7 Å². The van der Waals surface area contributed by atoms with Gasteiger partial charge in [-0.15, -0.1) is 11.8 Å². The Morgan fingerprint density at radius 3 is 2.38 bits per heavy atom. The molecule has 1 unspecified atom stereocenters. The molecule has 3 rings (SSSR count). The zero-order valence-electron chi connectivity index (χ0n) is 18.6. The molecule has 9 nitrogen and oxygen atoms in total. The van der Waals surface area contributed by atoms with Crippen molar-refractivity contribution in [3.05, 3.63) is 35.9 Å². The van der Waals surface area contributed by atoms with Crippen LogP contribution in [-0.4, -0.2) is 61.9 Å². The number of thioether (sulfide) groups is 1. The van der Waals surface area contributed by atoms with Gasteiger partial charge in [-0.3, -0.25) is 14.4 Å². The fourth-order valence-electron chi connectivity index (χ4n) is 4.19. The normalized spacial score (nSPS) is 25.5. The summed E-state index contributed by atoms with van der Waals surface area (Å²) in [6.45, 7) is 7.44. The van der Waals surface area contributed by atoms with E-state index in [1.807, 2.05) is 13.8 Å². The average Bonchev–Trinajstić information content (AvgIpc) is 2.98. The summed E-state index contributed by atoms with van der Waals surface area (Å²) in [5.41, 5.74) is 6.54. The minimum absolute atomic E-state index is 0.211. The van der Waals surface area contributed by atoms with Gasteiger partial charge >= 0.3 is 5.97 Å². The number of carbonyl (C=O) groups excluding carboxylic acids is 3. The number of aliphatic carboxylic acids is 1. The van der Waals surface area contributed by atoms with Gasteiger partial charge in [-0.05, 0) is 31.7 Å². The minimum atomic E-state index is -1.07. The number of carboxylic acids is 1. The van der Waals surface area contributed by atoms with Crippen LogP contribution in [0.25, 0.3) is 0 Å². The van der Waals surface area contributed by atoms with Crippen LogP contribution in [-0.2, 0) is 19.2 Å². The highest BCUT2D eigenvalue weighted by molar-refractivity contribution is 8.01. The molecule has 2 saturated heterocycles. The number of rotatable bonds is 8. The molecule has 0 spiro atoms. The first-order chi connectivity index (χ1) is 14.9. The lowest BCUT2D eigenvalue weighted by atomic mass is 9.95. The van der Waals surface area contributed by atoms with Gasteiger partial charge < -0.3 is 26.4 Å². The number of carboxylic acid groups (broad SMARTS) is 1. The Hall–Kier alpha value is -2.59. The van der Waals surface area contributed by atoms with Gasteiger partial charge in [0.05, 0.1) is 6.04 Å². The number of nitrogens with zero attached hydrogens (tertiary/aromatic N) is 1. The molecule has 5 N–H and O–H groups in total. The fourth-order valence-corrected chi connectivity index (χ4v) is 5.82. The molecule has 0 bridgehead atoms. The summed E-state index contributed by atoms with van der Waals surface area (Å²) in [7, 11) is 0. The molecule has 0 radical (unpaired) electrons. The Labute approximate surface area is 191 Å². The van der Waals surface area contributed by atoms with Crippen LogP contribution in [0.3, 0.4) is 0 Å². The molecule has 2 aliphatic rings. The Morgan fingerprint density at radius 1 is 1.19 bits per heavy atom. The van der Waals surface area contributed by atoms with Crippen LogP contribution in [0.15, 0.2) is 30.3 Å². The van der Waals surface area contributed by atoms with Crippen molar-refractivity contribution in [1.82, 2.24) is 15.5 Å². The van der Waals surface area contributed by atoms with Crippen molar-refractivity contribution in [2.75, 3.05) is 0 Å². The maximum Gasteiger partial charge on any atom is 0.327 e. The van der Waals surface area contributed by atoms with E-state index >= 15 is 0 Å². The van der Waals surface area contributed by atoms with Gasteiger partial charge in [0.2, 0.25) is 17.7 Å². The quantitative estimate of drug-likeness (QED) is 0.420. The van der Waals surface area contributed by atoms with E-state index in [1.165, 1.54) is 16.7 Å². The van der Waals surface area contributed by atoms with E-state index < -0.39 is 58.0 Å². The van der Waals surface area contributed by atoms with E-state index in [0.29, 0.717) is 12.0 Å². The van der Waals surface area contributed by atoms with Crippen molar-refractivity contribution in [3.63, 3.8) is 0 Å². The SMILES string of the molecule is CC(C)C[C@H](N)C(=O)NC(C(=O)N[C@@H]1C(=O)N2[C@@H]1SC(C)(C)[C@@H]2C(=O)O)c1ccccc1. The number of hydrogen-bond donors (Lipinski definition) is 4. The monoisotopic (exact) mass is 462 g/mol. The Balaban J connectivity index is 1.76. The minimum Gasteiger partial charge on any atom is -0.480 e. The molecule has 3 amide bonds. The lowest BCUT2D eigenvalue weighted by Gasteiger charge is -2.44. The Bertz CT molecular complexity index is 907. The maximum absolute atomic E-state index is 13.2. The molecule has 1 aromatic carbocycles. The summed E-state index contributed by atoms with van der Waals surface area (Å²) < 4.78 is -0.692. The van der Waals surface area contributed by atoms with Gasteiger partial charge in [0.1, 0.15) is 23.5 Å². The zero-order valence-corrected chi connectivity index (χ0v) is 19.4. The third kappa shape index (κ3) is 4.61. The van der Waals surface area contributed by atoms with Gasteiger partial charge in [0.15, 0.2) is 0 Å². The van der Waals surface area contributed by atoms with Gasteiger partial charge in [-0.2, -0.15) is 0 Å². The fraction of sp³-hybridized carbons (Fsp3) is 0.545. The van der Waals surface area contributed by atoms with Crippen LogP contribution in [0.5, 0.6) is 0 Å². The van der Waals surface area contributed by atoms with E-state index in [2.05, 4.69) is 10.6 Å². The van der Waals surface area contributed by atoms with Crippen LogP contribution in [0, 0.1) is 5.92 Å². The molecule has 0 aromatic heterocycles. The first kappa shape index (κ1) is 24.1. The number of carbonyl (C=O) groups is 4. The highest BCUT2D eigenvalue weighted by atomic mass is 32.2. The van der Waals surface area contributed by atoms with Crippen molar-refractivity contribution in [2.45, 2.75) is 68.4 Å². The van der Waals surface area contributed by atoms with E-state index in [9.17, 15) is 24.3 Å². The second kappa shape index (κ2) is 9.11. The number of β-lactam (4-membered cyclic amide) rings is 1. The highest BCUT2D eigenvalue weighted by Gasteiger charge is 2.64. The summed E-state index contributed by atoms with van der Waals surface area (Å²) in [6, 6.07) is 5.10. The molecule has 1 aromatic rings. The largest absolute Gasteiger partial charge is 0.480 e. The highest BCUT2D eigenvalue weighted by Crippen LogP contribution is 2.50. The van der Waals surface area contributed by atoms with Crippen molar-refractivity contribution < 1.29 is 24.3 Å². The third-order valence-electron chi connectivity index (χ3n) is 5.72. The van der Waals surface area contributed by atoms with Crippen molar-refractivity contribution in [3.8, 4) is 0 Å². The molecule has 2 heterocycles. The predicted octanol–water partition coefficient (Wildman–Crippen LogP) is 0.849. The number of fused-ring (bicyclic) bond motifs is 1. The summed E-state index contributed by atoms with van der Waals surface area (Å²) in [5.74, 6) is -2.30. The number of hydrogen-bond acceptors (Lipinski definition) is 6. The van der Waals surface area contributed by atoms with Crippen LogP contribution >= 0.6 is 11.8 Å². The van der Waals surface area contributed by atoms with Gasteiger partial charge in [0, 0.05) is 4.75 Å². The average molecular weight is 463 g/mol. The third-order valence-corrected chi connectivity index (χ3v) is 7.29. The standard InChI is InChI=1S/C22H30N4O5S/c1-11(2)10-13(23)17(27)24-14(12-8-6-5-7-9-12)18(28)25-15-19(29)26-16(21(30)31)22(3,4)32-20(15)26/h5-9,11,13-16,20H,10,23H2,1-4H3,(H,24,27)(H,25,28)(H,30,31)/t13-,14?,15+,16-,20+/m0/s1. The number of benzene rings is 1. The lowest BCUT2D eigenvalue weighted by Crippen LogP contribution is -2.71. The summed E-state index contributed by atoms with van der Waals surface area (Å²) >= 11 is 1.34. The van der Waals surface area contributed by atoms with E-state index in [4.69, 9.17) is 5.73 Å². The van der Waals surface area contributed by atoms with E-state index in [0.717, 1.165) is 0 Å². The smallest absolute Gasteiger partial charge is 0.327 e. The van der Waals surface area contributed by atoms with Crippen LogP contribution < -0.4 is 16.4 Å². The van der Waals surface area contributed by atoms with Crippen LogP contribution in [0.1, 0.15) is 45.7 Å². The van der Waals surface area contributed by atoms with Crippen molar-refractivity contribution in [1.29, 1.82) is 0 Å². The molecule has 0 saturated carbocycles. The molecule has 0 aliphatic carbocycles. The second-order valence-electron chi connectivity index (χ2n) is 9.17. The summed E-state index contributed by atoms with van der Waals surface area (Å²) in [6.07, 6.45) is 0.468. The van der Waals surface area contributed by atoms with Crippen LogP contribution in [0.2, 0.25) is 0 Å². The molecule has 5 atom stereocenters. The Morgan fingerprint density at radius 2 is 1.81 bits per heavy atom. The lowest BCUT2D eigenvalue weighted by molar-refractivity contribution is -0.161. The van der Waals surface area contributed by atoms with E-state index in [-0.39, 0.29) is 5.92 Å². The Kier molecular flexibility index (Phi) is 6.85. The molecular formula is C22H30N4O5S. The number of amides is 3. The molecular weight excluding hydrogens is 432 g/mol. The van der Waals surface area contributed by atoms with Gasteiger partial charge in [0.25, 0.3) is 0 Å². The van der Waals surface area contributed by atoms with Crippen molar-refractivity contribution >= 4 is 35.5 Å². The van der Waals surface area contributed by atoms with E-state index in [1.54, 1.807) is 44.2 Å². The predicted molar refractivity (Wildman–Crippen MR) is 120 cm³/mol. The molecule has 2 fully saturated rings. The van der Waals surface area contributed by atoms with Gasteiger partial charge in [-0.25, -0.2) is 4.79 Å². The summed E-state index contributed by atoms with van der Waals surface area (Å²) in [5, 5.41) is 14.5. The molecule has 32 heavy (non-hydrogen) atoms. The first-order valence-electron chi connectivity index (χ1n) is 10.6. The number of nitrogens with one attached hydrogen (secondary N) is 2. The maximum atomic E-state index is 13.2. The second-order valence-corrected chi connectivity index (χ2v) is 10.9. The first-order valence-corrected chi connectivity index (χ1v) is 11.5. The van der Waals surface area contributed by atoms with Crippen LogP contribution in [0.4, 0.5) is 0 Å². The topological polar surface area (TPSA) is 142 Å². The number of nitrogens with two attached hydrogens (primary N) is 1. The molecule has 2 aliphatic heterocycles. The molecule has 174 valence electrons.